The molecule has 0 amide bonds. The molecule has 0 aromatic rings. The highest BCUT2D eigenvalue weighted by Gasteiger charge is 2.24. The molecule has 1 N–H and O–H groups in total. The summed E-state index contributed by atoms with van der Waals surface area (Å²) in [7, 11) is 2.26. The van der Waals surface area contributed by atoms with Gasteiger partial charge in [0.2, 0.25) is 0 Å². The van der Waals surface area contributed by atoms with Crippen LogP contribution in [0, 0.1) is 11.8 Å². The van der Waals surface area contributed by atoms with Crippen LogP contribution >= 0.6 is 0 Å². The van der Waals surface area contributed by atoms with Crippen molar-refractivity contribution in [3.8, 4) is 0 Å². The van der Waals surface area contributed by atoms with Gasteiger partial charge in [-0.2, -0.15) is 0 Å². The van der Waals surface area contributed by atoms with Crippen molar-refractivity contribution in [2.45, 2.75) is 52.6 Å². The first-order valence-electron chi connectivity index (χ1n) is 6.46. The minimum Gasteiger partial charge on any atom is -0.312 e. The lowest BCUT2D eigenvalue weighted by Gasteiger charge is -2.36. The van der Waals surface area contributed by atoms with E-state index in [2.05, 4.69) is 45.0 Å². The van der Waals surface area contributed by atoms with E-state index in [9.17, 15) is 0 Å². The van der Waals surface area contributed by atoms with Gasteiger partial charge in [0.1, 0.15) is 0 Å². The predicted octanol–water partition coefficient (Wildman–Crippen LogP) is 2.35. The van der Waals surface area contributed by atoms with Gasteiger partial charge in [0.25, 0.3) is 0 Å². The zero-order valence-corrected chi connectivity index (χ0v) is 11.1. The molecule has 2 heteroatoms. The van der Waals surface area contributed by atoms with Crippen molar-refractivity contribution in [3.63, 3.8) is 0 Å². The van der Waals surface area contributed by atoms with Crippen LogP contribution in [0.15, 0.2) is 0 Å². The van der Waals surface area contributed by atoms with Gasteiger partial charge in [-0.15, -0.1) is 0 Å². The maximum atomic E-state index is 3.65. The molecule has 3 atom stereocenters. The highest BCUT2D eigenvalue weighted by Crippen LogP contribution is 2.18. The topological polar surface area (TPSA) is 15.3 Å². The molecule has 0 spiro atoms. The van der Waals surface area contributed by atoms with E-state index >= 15 is 0 Å². The SMILES string of the molecule is CC(C)C(C)N(C)CC1NCCCC1C. The zero-order valence-electron chi connectivity index (χ0n) is 11.1. The molecule has 1 saturated heterocycles. The second kappa shape index (κ2) is 5.86. The molecular weight excluding hydrogens is 184 g/mol. The van der Waals surface area contributed by atoms with Crippen molar-refractivity contribution in [3.05, 3.63) is 0 Å². The first-order valence-corrected chi connectivity index (χ1v) is 6.46. The number of hydrogen-bond acceptors (Lipinski definition) is 2. The maximum Gasteiger partial charge on any atom is 0.0220 e. The molecule has 0 aromatic carbocycles. The molecule has 1 aliphatic rings. The fraction of sp³-hybridized carbons (Fsp3) is 1.00. The standard InChI is InChI=1S/C13H28N2/c1-10(2)12(4)15(5)9-13-11(3)7-6-8-14-13/h10-14H,6-9H2,1-5H3. The molecule has 1 rings (SSSR count). The Bertz CT molecular complexity index is 179. The number of hydrogen-bond donors (Lipinski definition) is 1. The van der Waals surface area contributed by atoms with Crippen LogP contribution < -0.4 is 5.32 Å². The van der Waals surface area contributed by atoms with E-state index < -0.39 is 0 Å². The van der Waals surface area contributed by atoms with Gasteiger partial charge in [-0.1, -0.05) is 20.8 Å². The van der Waals surface area contributed by atoms with Crippen LogP contribution in [0.3, 0.4) is 0 Å². The summed E-state index contributed by atoms with van der Waals surface area (Å²) in [6, 6.07) is 1.38. The normalized spacial score (nSPS) is 29.8. The summed E-state index contributed by atoms with van der Waals surface area (Å²) in [6.45, 7) is 11.7. The molecule has 0 saturated carbocycles. The van der Waals surface area contributed by atoms with Crippen molar-refractivity contribution in [2.24, 2.45) is 11.8 Å². The van der Waals surface area contributed by atoms with E-state index in [-0.39, 0.29) is 0 Å². The number of nitrogens with one attached hydrogen (secondary N) is 1. The van der Waals surface area contributed by atoms with E-state index in [1.807, 2.05) is 0 Å². The second-order valence-electron chi connectivity index (χ2n) is 5.60. The Morgan fingerprint density at radius 3 is 2.53 bits per heavy atom. The molecule has 15 heavy (non-hydrogen) atoms. The van der Waals surface area contributed by atoms with E-state index in [4.69, 9.17) is 0 Å². The number of likely N-dealkylation sites (N-methyl/N-ethyl adjacent to an activating group) is 1. The van der Waals surface area contributed by atoms with Crippen molar-refractivity contribution in [1.29, 1.82) is 0 Å². The highest BCUT2D eigenvalue weighted by molar-refractivity contribution is 4.82. The van der Waals surface area contributed by atoms with Crippen molar-refractivity contribution in [1.82, 2.24) is 10.2 Å². The Morgan fingerprint density at radius 2 is 2.00 bits per heavy atom. The lowest BCUT2D eigenvalue weighted by atomic mass is 9.92. The largest absolute Gasteiger partial charge is 0.312 e. The molecule has 1 aliphatic heterocycles. The summed E-state index contributed by atoms with van der Waals surface area (Å²) >= 11 is 0. The van der Waals surface area contributed by atoms with Gasteiger partial charge in [0.05, 0.1) is 0 Å². The second-order valence-corrected chi connectivity index (χ2v) is 5.60. The van der Waals surface area contributed by atoms with Crippen LogP contribution in [-0.4, -0.2) is 37.1 Å². The monoisotopic (exact) mass is 212 g/mol. The van der Waals surface area contributed by atoms with E-state index in [1.54, 1.807) is 0 Å². The van der Waals surface area contributed by atoms with E-state index in [0.29, 0.717) is 12.1 Å². The third kappa shape index (κ3) is 3.76. The Morgan fingerprint density at radius 1 is 1.33 bits per heavy atom. The van der Waals surface area contributed by atoms with Gasteiger partial charge in [0.15, 0.2) is 0 Å². The van der Waals surface area contributed by atoms with Crippen molar-refractivity contribution in [2.75, 3.05) is 20.1 Å². The number of piperidine rings is 1. The van der Waals surface area contributed by atoms with Gasteiger partial charge in [-0.05, 0) is 45.2 Å². The molecule has 1 fully saturated rings. The van der Waals surface area contributed by atoms with Crippen molar-refractivity contribution >= 4 is 0 Å². The Kier molecular flexibility index (Phi) is 5.07. The first-order chi connectivity index (χ1) is 7.02. The summed E-state index contributed by atoms with van der Waals surface area (Å²) in [5.41, 5.74) is 0. The Balaban J connectivity index is 2.38. The van der Waals surface area contributed by atoms with Crippen molar-refractivity contribution < 1.29 is 0 Å². The van der Waals surface area contributed by atoms with Gasteiger partial charge in [-0.3, -0.25) is 0 Å². The molecule has 0 radical (unpaired) electrons. The van der Waals surface area contributed by atoms with Crippen LogP contribution in [0.5, 0.6) is 0 Å². The van der Waals surface area contributed by atoms with Gasteiger partial charge in [-0.25, -0.2) is 0 Å². The summed E-state index contributed by atoms with van der Waals surface area (Å²) in [5, 5.41) is 3.65. The van der Waals surface area contributed by atoms with Gasteiger partial charge < -0.3 is 10.2 Å². The van der Waals surface area contributed by atoms with Crippen LogP contribution in [0.1, 0.15) is 40.5 Å². The average Bonchev–Trinajstić information content (AvgIpc) is 2.20. The summed E-state index contributed by atoms with van der Waals surface area (Å²) < 4.78 is 0. The fourth-order valence-electron chi connectivity index (χ4n) is 2.34. The minimum absolute atomic E-state index is 0.681. The molecule has 0 aliphatic carbocycles. The summed E-state index contributed by atoms with van der Waals surface area (Å²) in [4.78, 5) is 2.50. The minimum atomic E-state index is 0.681. The molecule has 0 aromatic heterocycles. The fourth-order valence-corrected chi connectivity index (χ4v) is 2.34. The lowest BCUT2D eigenvalue weighted by Crippen LogP contribution is -2.49. The van der Waals surface area contributed by atoms with Crippen LogP contribution in [0.2, 0.25) is 0 Å². The van der Waals surface area contributed by atoms with Gasteiger partial charge >= 0.3 is 0 Å². The zero-order chi connectivity index (χ0) is 11.4. The maximum absolute atomic E-state index is 3.65. The van der Waals surface area contributed by atoms with Crippen LogP contribution in [0.25, 0.3) is 0 Å². The molecule has 90 valence electrons. The van der Waals surface area contributed by atoms with E-state index in [0.717, 1.165) is 11.8 Å². The lowest BCUT2D eigenvalue weighted by molar-refractivity contribution is 0.156. The average molecular weight is 212 g/mol. The quantitative estimate of drug-likeness (QED) is 0.769. The smallest absolute Gasteiger partial charge is 0.0220 e. The van der Waals surface area contributed by atoms with Crippen LogP contribution in [-0.2, 0) is 0 Å². The number of rotatable bonds is 4. The molecule has 0 bridgehead atoms. The van der Waals surface area contributed by atoms with E-state index in [1.165, 1.54) is 25.9 Å². The molecule has 2 nitrogen and oxygen atoms in total. The van der Waals surface area contributed by atoms with Gasteiger partial charge in [0, 0.05) is 18.6 Å². The molecule has 3 unspecified atom stereocenters. The number of nitrogens with zero attached hydrogens (tertiary/aromatic N) is 1. The van der Waals surface area contributed by atoms with Crippen LogP contribution in [0.4, 0.5) is 0 Å². The highest BCUT2D eigenvalue weighted by atomic mass is 15.2. The summed E-state index contributed by atoms with van der Waals surface area (Å²) in [6.07, 6.45) is 2.74. The summed E-state index contributed by atoms with van der Waals surface area (Å²) in [5.74, 6) is 1.58. The molecule has 1 heterocycles. The first kappa shape index (κ1) is 13.0. The Hall–Kier alpha value is -0.0800. The third-order valence-electron chi connectivity index (χ3n) is 4.07. The third-order valence-corrected chi connectivity index (χ3v) is 4.07. The Labute approximate surface area is 95.4 Å². The predicted molar refractivity (Wildman–Crippen MR) is 67.1 cm³/mol. The molecular formula is C13H28N2.